The van der Waals surface area contributed by atoms with E-state index in [1.165, 1.54) is 36.8 Å². The van der Waals surface area contributed by atoms with Crippen molar-refractivity contribution in [2.24, 2.45) is 10.9 Å². The zero-order valence-corrected chi connectivity index (χ0v) is 25.9. The lowest BCUT2D eigenvalue weighted by molar-refractivity contribution is -0.384. The highest BCUT2D eigenvalue weighted by Gasteiger charge is 2.34. The van der Waals surface area contributed by atoms with Gasteiger partial charge < -0.3 is 18.6 Å². The van der Waals surface area contributed by atoms with Gasteiger partial charge in [-0.05, 0) is 48.7 Å². The Kier molecular flexibility index (Phi) is 8.82. The van der Waals surface area contributed by atoms with Crippen molar-refractivity contribution in [1.82, 2.24) is 4.57 Å². The molecule has 0 saturated carbocycles. The van der Waals surface area contributed by atoms with Gasteiger partial charge >= 0.3 is 11.9 Å². The van der Waals surface area contributed by atoms with E-state index in [9.17, 15) is 24.5 Å². The number of carbonyl (C=O) groups is 2. The molecule has 0 fully saturated rings. The lowest BCUT2D eigenvalue weighted by Gasteiger charge is -2.25. The topological polar surface area (TPSA) is 152 Å². The number of rotatable bonds is 9. The number of nitrogens with zero attached hydrogens (tertiary/aromatic N) is 3. The minimum Gasteiger partial charge on any atom is -0.493 e. The number of carbonyl (C=O) groups excluding carboxylic acids is 2. The number of allylic oxidation sites excluding steroid dienone is 1. The van der Waals surface area contributed by atoms with Crippen molar-refractivity contribution in [3.8, 4) is 22.8 Å². The van der Waals surface area contributed by atoms with Crippen LogP contribution in [0.25, 0.3) is 17.4 Å². The molecule has 2 aromatic carbocycles. The van der Waals surface area contributed by atoms with Gasteiger partial charge in [-0.25, -0.2) is 9.79 Å². The second-order valence-corrected chi connectivity index (χ2v) is 11.6. The van der Waals surface area contributed by atoms with Crippen LogP contribution in [0.5, 0.6) is 11.5 Å². The fourth-order valence-corrected chi connectivity index (χ4v) is 5.88. The van der Waals surface area contributed by atoms with Crippen LogP contribution in [0.1, 0.15) is 45.1 Å². The summed E-state index contributed by atoms with van der Waals surface area (Å²) in [4.78, 5) is 55.1. The molecule has 1 aliphatic rings. The Bertz CT molecular complexity index is 2030. The van der Waals surface area contributed by atoms with E-state index in [0.29, 0.717) is 27.4 Å². The molecule has 2 aromatic heterocycles. The molecule has 0 aliphatic carbocycles. The zero-order valence-electron chi connectivity index (χ0n) is 25.1. The van der Waals surface area contributed by atoms with Crippen molar-refractivity contribution in [2.75, 3.05) is 13.7 Å². The fourth-order valence-electron chi connectivity index (χ4n) is 4.86. The first kappa shape index (κ1) is 31.1. The maximum Gasteiger partial charge on any atom is 0.338 e. The highest BCUT2D eigenvalue weighted by molar-refractivity contribution is 7.07. The standard InChI is InChI=1S/C32H29N3O9S/c1-17(2)16-42-31(38)28-18(3)33-32-34(29(28)20-10-12-25(43-19(4)36)26(14-20)41-5)30(37)27(45-32)15-21-11-13-24(44-21)22-8-6-7-9-23(22)35(39)40/h6-15,17,29H,16H2,1-5H3/b27-15+/t29-/m0/s1. The van der Waals surface area contributed by atoms with Crippen molar-refractivity contribution in [3.05, 3.63) is 107 Å². The zero-order chi connectivity index (χ0) is 32.4. The molecule has 0 bridgehead atoms. The number of methoxy groups -OCH3 is 1. The van der Waals surface area contributed by atoms with Crippen LogP contribution in [0, 0.1) is 16.0 Å². The van der Waals surface area contributed by atoms with Crippen molar-refractivity contribution >= 4 is 35.0 Å². The normalized spacial score (nSPS) is 14.6. The highest BCUT2D eigenvalue weighted by Crippen LogP contribution is 2.36. The number of esters is 2. The van der Waals surface area contributed by atoms with Gasteiger partial charge in [0, 0.05) is 19.1 Å². The summed E-state index contributed by atoms with van der Waals surface area (Å²) >= 11 is 1.10. The Morgan fingerprint density at radius 1 is 1.16 bits per heavy atom. The van der Waals surface area contributed by atoms with Gasteiger partial charge in [0.2, 0.25) is 0 Å². The second kappa shape index (κ2) is 12.7. The molecule has 232 valence electrons. The number of hydrogen-bond acceptors (Lipinski definition) is 11. The molecular formula is C32H29N3O9S. The molecular weight excluding hydrogens is 602 g/mol. The molecule has 0 unspecified atom stereocenters. The Morgan fingerprint density at radius 2 is 1.91 bits per heavy atom. The van der Waals surface area contributed by atoms with Crippen LogP contribution in [-0.2, 0) is 14.3 Å². The van der Waals surface area contributed by atoms with E-state index in [4.69, 9.17) is 18.6 Å². The quantitative estimate of drug-likeness (QED) is 0.112. The minimum atomic E-state index is -0.942. The van der Waals surface area contributed by atoms with Crippen LogP contribution >= 0.6 is 11.3 Å². The van der Waals surface area contributed by atoms with Crippen LogP contribution in [-0.4, -0.2) is 35.1 Å². The number of nitro benzene ring substituents is 1. The lowest BCUT2D eigenvalue weighted by atomic mass is 9.95. The number of aromatic nitrogens is 1. The monoisotopic (exact) mass is 631 g/mol. The van der Waals surface area contributed by atoms with Crippen LogP contribution < -0.4 is 24.4 Å². The van der Waals surface area contributed by atoms with Gasteiger partial charge in [0.15, 0.2) is 16.3 Å². The maximum absolute atomic E-state index is 14.0. The third-order valence-corrected chi connectivity index (χ3v) is 7.80. The summed E-state index contributed by atoms with van der Waals surface area (Å²) in [5, 5.41) is 11.5. The minimum absolute atomic E-state index is 0.0769. The summed E-state index contributed by atoms with van der Waals surface area (Å²) in [6.45, 7) is 6.93. The number of furan rings is 1. The van der Waals surface area contributed by atoms with Crippen LogP contribution in [0.15, 0.2) is 80.1 Å². The van der Waals surface area contributed by atoms with Gasteiger partial charge in [-0.1, -0.05) is 43.4 Å². The number of para-hydroxylation sites is 1. The van der Waals surface area contributed by atoms with E-state index in [1.54, 1.807) is 49.4 Å². The van der Waals surface area contributed by atoms with Crippen molar-refractivity contribution in [3.63, 3.8) is 0 Å². The molecule has 0 N–H and O–H groups in total. The summed E-state index contributed by atoms with van der Waals surface area (Å²) in [7, 11) is 1.41. The molecule has 0 radical (unpaired) electrons. The average Bonchev–Trinajstić information content (AvgIpc) is 3.59. The van der Waals surface area contributed by atoms with Gasteiger partial charge in [0.25, 0.3) is 11.2 Å². The van der Waals surface area contributed by atoms with E-state index < -0.39 is 28.5 Å². The third kappa shape index (κ3) is 6.34. The smallest absolute Gasteiger partial charge is 0.338 e. The molecule has 3 heterocycles. The first-order valence-electron chi connectivity index (χ1n) is 13.9. The molecule has 45 heavy (non-hydrogen) atoms. The van der Waals surface area contributed by atoms with Crippen LogP contribution in [0.2, 0.25) is 0 Å². The number of thiazole rings is 1. The van der Waals surface area contributed by atoms with Gasteiger partial charge in [0.05, 0.1) is 46.0 Å². The van der Waals surface area contributed by atoms with Gasteiger partial charge in [-0.2, -0.15) is 0 Å². The largest absolute Gasteiger partial charge is 0.493 e. The van der Waals surface area contributed by atoms with E-state index in [1.807, 2.05) is 13.8 Å². The predicted octanol–water partition coefficient (Wildman–Crippen LogP) is 4.54. The molecule has 1 aliphatic heterocycles. The third-order valence-electron chi connectivity index (χ3n) is 6.81. The van der Waals surface area contributed by atoms with Crippen LogP contribution in [0.3, 0.4) is 0 Å². The number of nitro groups is 1. The summed E-state index contributed by atoms with van der Waals surface area (Å²) < 4.78 is 23.9. The summed E-state index contributed by atoms with van der Waals surface area (Å²) in [6, 6.07) is 13.2. The Labute approximate surface area is 260 Å². The van der Waals surface area contributed by atoms with Gasteiger partial charge in [0.1, 0.15) is 11.5 Å². The highest BCUT2D eigenvalue weighted by atomic mass is 32.1. The van der Waals surface area contributed by atoms with Crippen molar-refractivity contribution in [1.29, 1.82) is 0 Å². The SMILES string of the molecule is COc1cc([C@H]2C(C(=O)OCC(C)C)=C(C)N=c3s/c(=C/c4ccc(-c5ccccc5[N+](=O)[O-])o4)c(=O)n32)ccc1OC(C)=O. The molecule has 0 amide bonds. The number of hydrogen-bond donors (Lipinski definition) is 0. The fraction of sp³-hybridized carbons (Fsp3) is 0.250. The molecule has 12 nitrogen and oxygen atoms in total. The Hall–Kier alpha value is -5.30. The first-order chi connectivity index (χ1) is 21.5. The first-order valence-corrected chi connectivity index (χ1v) is 14.7. The van der Waals surface area contributed by atoms with Gasteiger partial charge in [-0.3, -0.25) is 24.3 Å². The molecule has 0 saturated heterocycles. The molecule has 1 atom stereocenters. The van der Waals surface area contributed by atoms with E-state index >= 15 is 0 Å². The summed E-state index contributed by atoms with van der Waals surface area (Å²) in [5.74, 6) is -0.105. The summed E-state index contributed by atoms with van der Waals surface area (Å²) in [6.07, 6.45) is 1.53. The van der Waals surface area contributed by atoms with Crippen LogP contribution in [0.4, 0.5) is 5.69 Å². The number of benzene rings is 2. The Morgan fingerprint density at radius 3 is 2.60 bits per heavy atom. The number of ether oxygens (including phenoxy) is 3. The summed E-state index contributed by atoms with van der Waals surface area (Å²) in [5.41, 5.74) is 0.792. The predicted molar refractivity (Wildman–Crippen MR) is 165 cm³/mol. The maximum atomic E-state index is 14.0. The molecule has 5 rings (SSSR count). The van der Waals surface area contributed by atoms with E-state index in [0.717, 1.165) is 11.3 Å². The van der Waals surface area contributed by atoms with Gasteiger partial charge in [-0.15, -0.1) is 0 Å². The number of fused-ring (bicyclic) bond motifs is 1. The molecule has 13 heteroatoms. The van der Waals surface area contributed by atoms with Crippen molar-refractivity contribution < 1.29 is 33.1 Å². The molecule has 0 spiro atoms. The van der Waals surface area contributed by atoms with E-state index in [-0.39, 0.29) is 45.6 Å². The lowest BCUT2D eigenvalue weighted by Crippen LogP contribution is -2.40. The average molecular weight is 632 g/mol. The van der Waals surface area contributed by atoms with Crippen molar-refractivity contribution in [2.45, 2.75) is 33.7 Å². The van der Waals surface area contributed by atoms with E-state index in [2.05, 4.69) is 4.99 Å². The second-order valence-electron chi connectivity index (χ2n) is 10.6. The molecule has 4 aromatic rings. The Balaban J connectivity index is 1.64.